The van der Waals surface area contributed by atoms with Gasteiger partial charge in [-0.25, -0.2) is 18.9 Å². The van der Waals surface area contributed by atoms with Gasteiger partial charge < -0.3 is 15.0 Å². The van der Waals surface area contributed by atoms with E-state index >= 15 is 0 Å². The number of aromatic nitrogens is 3. The molecule has 1 fully saturated rings. The number of hydrogen-bond acceptors (Lipinski definition) is 5. The van der Waals surface area contributed by atoms with Gasteiger partial charge in [0, 0.05) is 19.1 Å². The first-order chi connectivity index (χ1) is 12.5. The number of likely N-dealkylation sites (tertiary alicyclic amines) is 1. The first-order valence-electron chi connectivity index (χ1n) is 8.31. The van der Waals surface area contributed by atoms with Crippen molar-refractivity contribution in [2.75, 3.05) is 20.2 Å². The number of carbonyl (C=O) groups is 2. The molecule has 1 saturated heterocycles. The minimum absolute atomic E-state index is 0.0542. The molecule has 3 rings (SSSR count). The number of methoxy groups -OCH3 is 1. The van der Waals surface area contributed by atoms with Crippen LogP contribution in [0, 0.1) is 12.7 Å². The Morgan fingerprint density at radius 2 is 1.88 bits per heavy atom. The van der Waals surface area contributed by atoms with Gasteiger partial charge in [-0.1, -0.05) is 0 Å². The van der Waals surface area contributed by atoms with Gasteiger partial charge in [-0.15, -0.1) is 5.10 Å². The highest BCUT2D eigenvalue weighted by atomic mass is 19.1. The van der Waals surface area contributed by atoms with E-state index in [1.165, 1.54) is 23.9 Å². The lowest BCUT2D eigenvalue weighted by Gasteiger charge is -2.31. The molecule has 1 aromatic carbocycles. The summed E-state index contributed by atoms with van der Waals surface area (Å²) < 4.78 is 19.2. The molecule has 0 unspecified atom stereocenters. The summed E-state index contributed by atoms with van der Waals surface area (Å²) in [6, 6.07) is 5.74. The third kappa shape index (κ3) is 3.81. The third-order valence-electron chi connectivity index (χ3n) is 4.31. The van der Waals surface area contributed by atoms with Crippen molar-refractivity contribution in [3.63, 3.8) is 0 Å². The van der Waals surface area contributed by atoms with Crippen LogP contribution in [0.2, 0.25) is 0 Å². The molecule has 8 nitrogen and oxygen atoms in total. The Bertz CT molecular complexity index is 797. The fourth-order valence-electron chi connectivity index (χ4n) is 2.90. The van der Waals surface area contributed by atoms with E-state index in [2.05, 4.69) is 15.4 Å². The standard InChI is InChI=1S/C17H20FN5O3/c1-11-19-15(21-23(11)14-5-3-12(18)4-6-14)16(24)20-13-7-9-22(10-8-13)17(25)26-2/h3-6,13H,7-10H2,1-2H3,(H,20,24). The molecule has 0 aliphatic carbocycles. The van der Waals surface area contributed by atoms with E-state index in [-0.39, 0.29) is 29.7 Å². The Hall–Kier alpha value is -2.97. The van der Waals surface area contributed by atoms with Crippen LogP contribution in [0.15, 0.2) is 24.3 Å². The average molecular weight is 361 g/mol. The molecular formula is C17H20FN5O3. The van der Waals surface area contributed by atoms with Crippen molar-refractivity contribution < 1.29 is 18.7 Å². The summed E-state index contributed by atoms with van der Waals surface area (Å²) >= 11 is 0. The monoisotopic (exact) mass is 361 g/mol. The van der Waals surface area contributed by atoms with Gasteiger partial charge in [0.05, 0.1) is 12.8 Å². The van der Waals surface area contributed by atoms with Crippen LogP contribution in [0.3, 0.4) is 0 Å². The lowest BCUT2D eigenvalue weighted by Crippen LogP contribution is -2.46. The van der Waals surface area contributed by atoms with Crippen molar-refractivity contribution in [1.82, 2.24) is 25.0 Å². The minimum Gasteiger partial charge on any atom is -0.453 e. The van der Waals surface area contributed by atoms with E-state index in [0.29, 0.717) is 37.4 Å². The molecule has 9 heteroatoms. The summed E-state index contributed by atoms with van der Waals surface area (Å²) in [4.78, 5) is 29.7. The topological polar surface area (TPSA) is 89.4 Å². The summed E-state index contributed by atoms with van der Waals surface area (Å²) in [5.41, 5.74) is 0.627. The maximum atomic E-state index is 13.1. The first kappa shape index (κ1) is 17.8. The van der Waals surface area contributed by atoms with E-state index < -0.39 is 0 Å². The van der Waals surface area contributed by atoms with Crippen LogP contribution < -0.4 is 5.32 Å². The number of aryl methyl sites for hydroxylation is 1. The zero-order valence-electron chi connectivity index (χ0n) is 14.6. The third-order valence-corrected chi connectivity index (χ3v) is 4.31. The van der Waals surface area contributed by atoms with Crippen molar-refractivity contribution in [3.8, 4) is 5.69 Å². The molecule has 1 aliphatic heterocycles. The van der Waals surface area contributed by atoms with Gasteiger partial charge in [-0.3, -0.25) is 4.79 Å². The number of nitrogens with zero attached hydrogens (tertiary/aromatic N) is 4. The van der Waals surface area contributed by atoms with E-state index in [1.54, 1.807) is 24.0 Å². The van der Waals surface area contributed by atoms with Gasteiger partial charge in [-0.05, 0) is 44.0 Å². The summed E-state index contributed by atoms with van der Waals surface area (Å²) in [6.45, 7) is 2.77. The number of ether oxygens (including phenoxy) is 1. The molecule has 0 saturated carbocycles. The highest BCUT2D eigenvalue weighted by Gasteiger charge is 2.25. The summed E-state index contributed by atoms with van der Waals surface area (Å²) in [7, 11) is 1.35. The smallest absolute Gasteiger partial charge is 0.409 e. The van der Waals surface area contributed by atoms with Crippen LogP contribution in [0.4, 0.5) is 9.18 Å². The lowest BCUT2D eigenvalue weighted by molar-refractivity contribution is 0.0882. The molecule has 0 spiro atoms. The summed E-state index contributed by atoms with van der Waals surface area (Å²) in [5.74, 6) is -0.127. The van der Waals surface area contributed by atoms with E-state index in [4.69, 9.17) is 4.74 Å². The number of nitrogens with one attached hydrogen (secondary N) is 1. The van der Waals surface area contributed by atoms with Crippen molar-refractivity contribution in [1.29, 1.82) is 0 Å². The maximum Gasteiger partial charge on any atom is 0.409 e. The molecule has 0 radical (unpaired) electrons. The number of amides is 2. The zero-order valence-corrected chi connectivity index (χ0v) is 14.6. The molecule has 1 aliphatic rings. The van der Waals surface area contributed by atoms with E-state index in [9.17, 15) is 14.0 Å². The number of rotatable bonds is 3. The van der Waals surface area contributed by atoms with Gasteiger partial charge in [0.25, 0.3) is 5.91 Å². The summed E-state index contributed by atoms with van der Waals surface area (Å²) in [5, 5.41) is 7.12. The fraction of sp³-hybridized carbons (Fsp3) is 0.412. The predicted molar refractivity (Wildman–Crippen MR) is 90.5 cm³/mol. The molecule has 0 atom stereocenters. The first-order valence-corrected chi connectivity index (χ1v) is 8.31. The number of carbonyl (C=O) groups excluding carboxylic acids is 2. The molecule has 2 aromatic rings. The number of piperidine rings is 1. The second kappa shape index (κ2) is 7.51. The van der Waals surface area contributed by atoms with Crippen molar-refractivity contribution in [2.24, 2.45) is 0 Å². The van der Waals surface area contributed by atoms with Gasteiger partial charge >= 0.3 is 6.09 Å². The quantitative estimate of drug-likeness (QED) is 0.898. The average Bonchev–Trinajstić information content (AvgIpc) is 3.04. The second-order valence-electron chi connectivity index (χ2n) is 6.08. The molecule has 0 bridgehead atoms. The second-order valence-corrected chi connectivity index (χ2v) is 6.08. The predicted octanol–water partition coefficient (Wildman–Crippen LogP) is 1.68. The molecule has 1 N–H and O–H groups in total. The van der Waals surface area contributed by atoms with E-state index in [1.807, 2.05) is 0 Å². The largest absolute Gasteiger partial charge is 0.453 e. The maximum absolute atomic E-state index is 13.1. The van der Waals surface area contributed by atoms with Gasteiger partial charge in [0.2, 0.25) is 5.82 Å². The van der Waals surface area contributed by atoms with Gasteiger partial charge in [0.15, 0.2) is 0 Å². The Morgan fingerprint density at radius 1 is 1.23 bits per heavy atom. The van der Waals surface area contributed by atoms with Gasteiger partial charge in [0.1, 0.15) is 11.6 Å². The van der Waals surface area contributed by atoms with Crippen LogP contribution in [-0.2, 0) is 4.74 Å². The molecule has 1 aromatic heterocycles. The molecular weight excluding hydrogens is 341 g/mol. The van der Waals surface area contributed by atoms with Crippen LogP contribution in [0.5, 0.6) is 0 Å². The van der Waals surface area contributed by atoms with Crippen LogP contribution in [0.1, 0.15) is 29.3 Å². The number of halogens is 1. The summed E-state index contributed by atoms with van der Waals surface area (Å²) in [6.07, 6.45) is 0.918. The Labute approximate surface area is 150 Å². The fourth-order valence-corrected chi connectivity index (χ4v) is 2.90. The van der Waals surface area contributed by atoms with Gasteiger partial charge in [-0.2, -0.15) is 0 Å². The Morgan fingerprint density at radius 3 is 2.50 bits per heavy atom. The Kier molecular flexibility index (Phi) is 5.15. The molecule has 2 heterocycles. The molecule has 138 valence electrons. The van der Waals surface area contributed by atoms with Crippen LogP contribution in [0.25, 0.3) is 5.69 Å². The zero-order chi connectivity index (χ0) is 18.7. The molecule has 2 amide bonds. The SMILES string of the molecule is COC(=O)N1CCC(NC(=O)c2nc(C)n(-c3ccc(F)cc3)n2)CC1. The lowest BCUT2D eigenvalue weighted by atomic mass is 10.1. The molecule has 26 heavy (non-hydrogen) atoms. The highest BCUT2D eigenvalue weighted by Crippen LogP contribution is 2.13. The van der Waals surface area contributed by atoms with E-state index in [0.717, 1.165) is 0 Å². The Balaban J connectivity index is 1.63. The van der Waals surface area contributed by atoms with Crippen molar-refractivity contribution >= 4 is 12.0 Å². The number of benzene rings is 1. The van der Waals surface area contributed by atoms with Crippen molar-refractivity contribution in [3.05, 3.63) is 41.7 Å². The van der Waals surface area contributed by atoms with Crippen molar-refractivity contribution in [2.45, 2.75) is 25.8 Å². The minimum atomic E-state index is -0.370. The van der Waals surface area contributed by atoms with Crippen LogP contribution >= 0.6 is 0 Å². The normalized spacial score (nSPS) is 15.0. The van der Waals surface area contributed by atoms with Crippen LogP contribution in [-0.4, -0.2) is 57.9 Å². The highest BCUT2D eigenvalue weighted by molar-refractivity contribution is 5.90. The number of hydrogen-bond donors (Lipinski definition) is 1.